The number of rotatable bonds is 2. The van der Waals surface area contributed by atoms with E-state index in [4.69, 9.17) is 5.11 Å². The van der Waals surface area contributed by atoms with Crippen molar-refractivity contribution in [3.63, 3.8) is 0 Å². The van der Waals surface area contributed by atoms with E-state index in [1.54, 1.807) is 0 Å². The number of carboxylic acid groups (broad SMARTS) is 1. The smallest absolute Gasteiger partial charge is 0.335 e. The van der Waals surface area contributed by atoms with Crippen LogP contribution in [0.3, 0.4) is 0 Å². The number of carboxylic acids is 1. The summed E-state index contributed by atoms with van der Waals surface area (Å²) in [6.45, 7) is 1.37. The van der Waals surface area contributed by atoms with Gasteiger partial charge in [-0.3, -0.25) is 0 Å². The number of hydrogen-bond donors (Lipinski definition) is 2. The molecule has 1 aliphatic rings. The molecule has 3 heteroatoms. The van der Waals surface area contributed by atoms with Gasteiger partial charge in [0, 0.05) is 5.92 Å². The van der Waals surface area contributed by atoms with Crippen LogP contribution in [0.25, 0.3) is 0 Å². The SMILES string of the molecule is CC(O)(C(=O)O)C1CC=CCC1. The Balaban J connectivity index is 2.67. The predicted octanol–water partition coefficient (Wildman–Crippen LogP) is 1.18. The number of aliphatic carboxylic acids is 1. The van der Waals surface area contributed by atoms with Crippen LogP contribution < -0.4 is 0 Å². The molecule has 0 saturated carbocycles. The molecule has 0 spiro atoms. The average Bonchev–Trinajstić information content (AvgIpc) is 2.06. The van der Waals surface area contributed by atoms with Crippen molar-refractivity contribution in [2.75, 3.05) is 0 Å². The maximum absolute atomic E-state index is 10.6. The second-order valence-corrected chi connectivity index (χ2v) is 3.43. The average molecular weight is 170 g/mol. The van der Waals surface area contributed by atoms with Crippen LogP contribution in [0.4, 0.5) is 0 Å². The molecule has 2 unspecified atom stereocenters. The van der Waals surface area contributed by atoms with Crippen molar-refractivity contribution in [1.82, 2.24) is 0 Å². The summed E-state index contributed by atoms with van der Waals surface area (Å²) >= 11 is 0. The van der Waals surface area contributed by atoms with Gasteiger partial charge < -0.3 is 10.2 Å². The van der Waals surface area contributed by atoms with E-state index >= 15 is 0 Å². The topological polar surface area (TPSA) is 57.5 Å². The molecule has 0 aromatic carbocycles. The van der Waals surface area contributed by atoms with Crippen LogP contribution >= 0.6 is 0 Å². The first-order chi connectivity index (χ1) is 5.55. The van der Waals surface area contributed by atoms with Gasteiger partial charge in [-0.15, -0.1) is 0 Å². The molecule has 0 amide bonds. The minimum atomic E-state index is -1.56. The highest BCUT2D eigenvalue weighted by atomic mass is 16.4. The van der Waals surface area contributed by atoms with Gasteiger partial charge >= 0.3 is 5.97 Å². The molecule has 1 aliphatic carbocycles. The van der Waals surface area contributed by atoms with Crippen molar-refractivity contribution in [1.29, 1.82) is 0 Å². The third-order valence-electron chi connectivity index (χ3n) is 2.50. The zero-order valence-electron chi connectivity index (χ0n) is 7.16. The molecule has 2 atom stereocenters. The summed E-state index contributed by atoms with van der Waals surface area (Å²) in [4.78, 5) is 10.6. The lowest BCUT2D eigenvalue weighted by atomic mass is 9.81. The summed E-state index contributed by atoms with van der Waals surface area (Å²) in [7, 11) is 0. The van der Waals surface area contributed by atoms with E-state index in [-0.39, 0.29) is 5.92 Å². The van der Waals surface area contributed by atoms with E-state index in [1.165, 1.54) is 6.92 Å². The Morgan fingerprint density at radius 3 is 2.67 bits per heavy atom. The highest BCUT2D eigenvalue weighted by molar-refractivity contribution is 5.77. The van der Waals surface area contributed by atoms with Gasteiger partial charge in [-0.05, 0) is 26.2 Å². The quantitative estimate of drug-likeness (QED) is 0.612. The van der Waals surface area contributed by atoms with Gasteiger partial charge in [-0.2, -0.15) is 0 Å². The summed E-state index contributed by atoms with van der Waals surface area (Å²) < 4.78 is 0. The Labute approximate surface area is 71.7 Å². The highest BCUT2D eigenvalue weighted by Crippen LogP contribution is 2.29. The fourth-order valence-electron chi connectivity index (χ4n) is 1.48. The second-order valence-electron chi connectivity index (χ2n) is 3.43. The summed E-state index contributed by atoms with van der Waals surface area (Å²) in [6.07, 6.45) is 6.25. The van der Waals surface area contributed by atoms with E-state index in [0.717, 1.165) is 12.8 Å². The van der Waals surface area contributed by atoms with Crippen LogP contribution in [0.1, 0.15) is 26.2 Å². The standard InChI is InChI=1S/C9H14O3/c1-9(12,8(10)11)7-5-3-2-4-6-7/h2-3,7,12H,4-6H2,1H3,(H,10,11). The Bertz CT molecular complexity index is 206. The molecule has 0 aromatic heterocycles. The fraction of sp³-hybridized carbons (Fsp3) is 0.667. The van der Waals surface area contributed by atoms with E-state index < -0.39 is 11.6 Å². The molecule has 0 heterocycles. The Kier molecular flexibility index (Phi) is 2.52. The van der Waals surface area contributed by atoms with Crippen molar-refractivity contribution in [2.24, 2.45) is 5.92 Å². The number of allylic oxidation sites excluding steroid dienone is 2. The zero-order chi connectivity index (χ0) is 9.19. The Morgan fingerprint density at radius 2 is 2.25 bits per heavy atom. The molecule has 0 bridgehead atoms. The van der Waals surface area contributed by atoms with Crippen LogP contribution in [0, 0.1) is 5.92 Å². The van der Waals surface area contributed by atoms with Gasteiger partial charge in [-0.1, -0.05) is 12.2 Å². The molecular formula is C9H14O3. The molecule has 3 nitrogen and oxygen atoms in total. The molecule has 2 N–H and O–H groups in total. The van der Waals surface area contributed by atoms with Gasteiger partial charge in [0.25, 0.3) is 0 Å². The number of aliphatic hydroxyl groups is 1. The lowest BCUT2D eigenvalue weighted by molar-refractivity contribution is -0.162. The maximum atomic E-state index is 10.6. The molecule has 0 fully saturated rings. The van der Waals surface area contributed by atoms with Gasteiger partial charge in [0.05, 0.1) is 0 Å². The molecule has 1 rings (SSSR count). The minimum Gasteiger partial charge on any atom is -0.479 e. The summed E-state index contributed by atoms with van der Waals surface area (Å²) in [5.74, 6) is -1.26. The normalized spacial score (nSPS) is 28.0. The zero-order valence-corrected chi connectivity index (χ0v) is 7.16. The lowest BCUT2D eigenvalue weighted by Crippen LogP contribution is -2.43. The van der Waals surface area contributed by atoms with Gasteiger partial charge in [-0.25, -0.2) is 4.79 Å². The molecule has 0 saturated heterocycles. The van der Waals surface area contributed by atoms with Crippen LogP contribution in [0.2, 0.25) is 0 Å². The third kappa shape index (κ3) is 1.67. The van der Waals surface area contributed by atoms with Crippen molar-refractivity contribution >= 4 is 5.97 Å². The molecule has 0 radical (unpaired) electrons. The highest BCUT2D eigenvalue weighted by Gasteiger charge is 2.38. The molecule has 0 aromatic rings. The van der Waals surface area contributed by atoms with Crippen LogP contribution in [0.5, 0.6) is 0 Å². The van der Waals surface area contributed by atoms with E-state index in [1.807, 2.05) is 12.2 Å². The molecule has 0 aliphatic heterocycles. The number of hydrogen-bond acceptors (Lipinski definition) is 2. The largest absolute Gasteiger partial charge is 0.479 e. The van der Waals surface area contributed by atoms with Gasteiger partial charge in [0.15, 0.2) is 5.60 Å². The van der Waals surface area contributed by atoms with E-state index in [9.17, 15) is 9.90 Å². The molecule has 12 heavy (non-hydrogen) atoms. The van der Waals surface area contributed by atoms with Gasteiger partial charge in [0.1, 0.15) is 0 Å². The first kappa shape index (κ1) is 9.26. The monoisotopic (exact) mass is 170 g/mol. The van der Waals surface area contributed by atoms with Crippen molar-refractivity contribution in [3.05, 3.63) is 12.2 Å². The first-order valence-electron chi connectivity index (χ1n) is 4.16. The number of carbonyl (C=O) groups is 1. The van der Waals surface area contributed by atoms with Crippen LogP contribution in [-0.2, 0) is 4.79 Å². The fourth-order valence-corrected chi connectivity index (χ4v) is 1.48. The lowest BCUT2D eigenvalue weighted by Gasteiger charge is -2.29. The molecule has 68 valence electrons. The predicted molar refractivity (Wildman–Crippen MR) is 44.7 cm³/mol. The van der Waals surface area contributed by atoms with E-state index in [0.29, 0.717) is 6.42 Å². The van der Waals surface area contributed by atoms with E-state index in [2.05, 4.69) is 0 Å². The second kappa shape index (κ2) is 3.27. The Morgan fingerprint density at radius 1 is 1.58 bits per heavy atom. The third-order valence-corrected chi connectivity index (χ3v) is 2.50. The van der Waals surface area contributed by atoms with Crippen molar-refractivity contribution in [3.8, 4) is 0 Å². The Hall–Kier alpha value is -0.830. The van der Waals surface area contributed by atoms with Crippen LogP contribution in [0.15, 0.2) is 12.2 Å². The minimum absolute atomic E-state index is 0.139. The summed E-state index contributed by atoms with van der Waals surface area (Å²) in [6, 6.07) is 0. The molecular weight excluding hydrogens is 156 g/mol. The van der Waals surface area contributed by atoms with Crippen molar-refractivity contribution in [2.45, 2.75) is 31.8 Å². The maximum Gasteiger partial charge on any atom is 0.335 e. The van der Waals surface area contributed by atoms with Gasteiger partial charge in [0.2, 0.25) is 0 Å². The first-order valence-corrected chi connectivity index (χ1v) is 4.16. The summed E-state index contributed by atoms with van der Waals surface area (Å²) in [5.41, 5.74) is -1.56. The van der Waals surface area contributed by atoms with Crippen molar-refractivity contribution < 1.29 is 15.0 Å². The summed E-state index contributed by atoms with van der Waals surface area (Å²) in [5, 5.41) is 18.3. The van der Waals surface area contributed by atoms with Crippen LogP contribution in [-0.4, -0.2) is 21.8 Å².